The molecular formula is C11H12BrN3. The molecule has 0 saturated heterocycles. The molecule has 0 aliphatic heterocycles. The van der Waals surface area contributed by atoms with Crippen molar-refractivity contribution in [2.45, 2.75) is 0 Å². The van der Waals surface area contributed by atoms with Gasteiger partial charge in [-0.1, -0.05) is 28.1 Å². The number of rotatable bonds is 2. The van der Waals surface area contributed by atoms with Gasteiger partial charge in [0.2, 0.25) is 0 Å². The Labute approximate surface area is 97.2 Å². The lowest BCUT2D eigenvalue weighted by atomic mass is 10.1. The molecule has 0 bridgehead atoms. The number of H-pyrrole nitrogens is 1. The van der Waals surface area contributed by atoms with Gasteiger partial charge in [0.05, 0.1) is 5.69 Å². The molecule has 4 heteroatoms. The van der Waals surface area contributed by atoms with Crippen molar-refractivity contribution in [2.75, 3.05) is 19.0 Å². The van der Waals surface area contributed by atoms with E-state index in [0.29, 0.717) is 0 Å². The predicted octanol–water partition coefficient (Wildman–Crippen LogP) is 2.91. The van der Waals surface area contributed by atoms with Gasteiger partial charge in [-0.2, -0.15) is 5.10 Å². The van der Waals surface area contributed by atoms with Crippen LogP contribution in [0.2, 0.25) is 0 Å². The molecule has 0 radical (unpaired) electrons. The molecule has 1 heterocycles. The average Bonchev–Trinajstić information content (AvgIpc) is 2.68. The van der Waals surface area contributed by atoms with Crippen molar-refractivity contribution in [3.63, 3.8) is 0 Å². The van der Waals surface area contributed by atoms with E-state index in [1.54, 1.807) is 0 Å². The van der Waals surface area contributed by atoms with Crippen LogP contribution in [0.3, 0.4) is 0 Å². The summed E-state index contributed by atoms with van der Waals surface area (Å²) < 4.78 is 1.08. The highest BCUT2D eigenvalue weighted by atomic mass is 79.9. The maximum Gasteiger partial charge on any atom is 0.150 e. The van der Waals surface area contributed by atoms with Crippen LogP contribution in [-0.4, -0.2) is 24.3 Å². The second-order valence-corrected chi connectivity index (χ2v) is 4.46. The highest BCUT2D eigenvalue weighted by Gasteiger charge is 2.04. The van der Waals surface area contributed by atoms with E-state index in [4.69, 9.17) is 0 Å². The summed E-state index contributed by atoms with van der Waals surface area (Å²) in [5.74, 6) is 0.938. The summed E-state index contributed by atoms with van der Waals surface area (Å²) in [7, 11) is 3.95. The second-order valence-electron chi connectivity index (χ2n) is 3.54. The van der Waals surface area contributed by atoms with Gasteiger partial charge in [0.25, 0.3) is 0 Å². The molecule has 0 amide bonds. The average molecular weight is 266 g/mol. The normalized spacial score (nSPS) is 10.3. The highest BCUT2D eigenvalue weighted by molar-refractivity contribution is 9.10. The van der Waals surface area contributed by atoms with Crippen molar-refractivity contribution >= 4 is 21.7 Å². The molecule has 0 aliphatic carbocycles. The Bertz CT molecular complexity index is 445. The summed E-state index contributed by atoms with van der Waals surface area (Å²) in [4.78, 5) is 1.97. The van der Waals surface area contributed by atoms with E-state index in [1.807, 2.05) is 37.2 Å². The van der Waals surface area contributed by atoms with Crippen LogP contribution in [0.4, 0.5) is 5.82 Å². The summed E-state index contributed by atoms with van der Waals surface area (Å²) in [5.41, 5.74) is 2.17. The zero-order valence-corrected chi connectivity index (χ0v) is 10.2. The molecule has 0 spiro atoms. The molecular weight excluding hydrogens is 254 g/mol. The van der Waals surface area contributed by atoms with Crippen molar-refractivity contribution in [1.82, 2.24) is 10.2 Å². The van der Waals surface area contributed by atoms with Gasteiger partial charge in [-0.15, -0.1) is 0 Å². The zero-order chi connectivity index (χ0) is 10.8. The maximum atomic E-state index is 4.20. The van der Waals surface area contributed by atoms with E-state index in [0.717, 1.165) is 21.5 Å². The fourth-order valence-corrected chi connectivity index (χ4v) is 1.58. The summed E-state index contributed by atoms with van der Waals surface area (Å²) in [6.45, 7) is 0. The van der Waals surface area contributed by atoms with E-state index in [-0.39, 0.29) is 0 Å². The van der Waals surface area contributed by atoms with Gasteiger partial charge in [0.1, 0.15) is 5.82 Å². The van der Waals surface area contributed by atoms with Gasteiger partial charge in [0.15, 0.2) is 0 Å². The first-order valence-electron chi connectivity index (χ1n) is 4.65. The van der Waals surface area contributed by atoms with E-state index >= 15 is 0 Å². The number of hydrogen-bond acceptors (Lipinski definition) is 2. The number of aromatic nitrogens is 2. The van der Waals surface area contributed by atoms with Gasteiger partial charge < -0.3 is 4.90 Å². The van der Waals surface area contributed by atoms with E-state index in [1.165, 1.54) is 0 Å². The number of halogens is 1. The minimum absolute atomic E-state index is 0.938. The third-order valence-electron chi connectivity index (χ3n) is 2.18. The smallest absolute Gasteiger partial charge is 0.150 e. The third-order valence-corrected chi connectivity index (χ3v) is 2.71. The number of benzene rings is 1. The molecule has 0 atom stereocenters. The van der Waals surface area contributed by atoms with E-state index in [9.17, 15) is 0 Å². The van der Waals surface area contributed by atoms with Crippen molar-refractivity contribution in [2.24, 2.45) is 0 Å². The van der Waals surface area contributed by atoms with E-state index < -0.39 is 0 Å². The Kier molecular flexibility index (Phi) is 2.77. The number of hydrogen-bond donors (Lipinski definition) is 1. The molecule has 0 aliphatic rings. The molecule has 1 aromatic heterocycles. The molecule has 2 aromatic rings. The molecule has 3 nitrogen and oxygen atoms in total. The number of anilines is 1. The highest BCUT2D eigenvalue weighted by Crippen LogP contribution is 2.22. The van der Waals surface area contributed by atoms with Crippen LogP contribution in [0.25, 0.3) is 11.3 Å². The van der Waals surface area contributed by atoms with Gasteiger partial charge in [-0.3, -0.25) is 5.10 Å². The lowest BCUT2D eigenvalue weighted by Gasteiger charge is -2.05. The van der Waals surface area contributed by atoms with Gasteiger partial charge in [-0.05, 0) is 17.7 Å². The van der Waals surface area contributed by atoms with Gasteiger partial charge in [0, 0.05) is 24.6 Å². The Morgan fingerprint density at radius 2 is 1.87 bits per heavy atom. The first kappa shape index (κ1) is 10.2. The fraction of sp³-hybridized carbons (Fsp3) is 0.182. The largest absolute Gasteiger partial charge is 0.361 e. The third kappa shape index (κ3) is 2.21. The molecule has 1 aromatic carbocycles. The molecule has 2 rings (SSSR count). The Morgan fingerprint density at radius 3 is 2.40 bits per heavy atom. The van der Waals surface area contributed by atoms with Crippen LogP contribution in [0, 0.1) is 0 Å². The van der Waals surface area contributed by atoms with Crippen molar-refractivity contribution in [1.29, 1.82) is 0 Å². The van der Waals surface area contributed by atoms with Crippen LogP contribution in [0.1, 0.15) is 0 Å². The number of aromatic amines is 1. The molecule has 78 valence electrons. The maximum absolute atomic E-state index is 4.20. The van der Waals surface area contributed by atoms with Gasteiger partial charge in [-0.25, -0.2) is 0 Å². The SMILES string of the molecule is CN(C)c1cc(-c2ccc(Br)cc2)[nH]n1. The van der Waals surface area contributed by atoms with Crippen LogP contribution in [0.15, 0.2) is 34.8 Å². The van der Waals surface area contributed by atoms with Crippen LogP contribution >= 0.6 is 15.9 Å². The standard InChI is InChI=1S/C11H12BrN3/c1-15(2)11-7-10(13-14-11)8-3-5-9(12)6-4-8/h3-7H,1-2H3,(H,13,14). The Morgan fingerprint density at radius 1 is 1.20 bits per heavy atom. The molecule has 15 heavy (non-hydrogen) atoms. The number of nitrogens with one attached hydrogen (secondary N) is 1. The lowest BCUT2D eigenvalue weighted by molar-refractivity contribution is 1.01. The summed E-state index contributed by atoms with van der Waals surface area (Å²) >= 11 is 3.41. The topological polar surface area (TPSA) is 31.9 Å². The molecule has 0 saturated carbocycles. The quantitative estimate of drug-likeness (QED) is 0.906. The summed E-state index contributed by atoms with van der Waals surface area (Å²) in [5, 5.41) is 7.22. The molecule has 1 N–H and O–H groups in total. The number of nitrogens with zero attached hydrogens (tertiary/aromatic N) is 2. The van der Waals surface area contributed by atoms with E-state index in [2.05, 4.69) is 38.3 Å². The predicted molar refractivity (Wildman–Crippen MR) is 66.1 cm³/mol. The van der Waals surface area contributed by atoms with Gasteiger partial charge >= 0.3 is 0 Å². The van der Waals surface area contributed by atoms with Crippen LogP contribution in [0.5, 0.6) is 0 Å². The fourth-order valence-electron chi connectivity index (χ4n) is 1.32. The summed E-state index contributed by atoms with van der Waals surface area (Å²) in [6, 6.07) is 10.2. The monoisotopic (exact) mass is 265 g/mol. The van der Waals surface area contributed by atoms with Crippen molar-refractivity contribution in [3.8, 4) is 11.3 Å². The Hall–Kier alpha value is -1.29. The lowest BCUT2D eigenvalue weighted by Crippen LogP contribution is -2.08. The van der Waals surface area contributed by atoms with Crippen molar-refractivity contribution < 1.29 is 0 Å². The second kappa shape index (κ2) is 4.06. The first-order chi connectivity index (χ1) is 7.16. The molecule has 0 fully saturated rings. The minimum Gasteiger partial charge on any atom is -0.361 e. The Balaban J connectivity index is 2.33. The summed E-state index contributed by atoms with van der Waals surface area (Å²) in [6.07, 6.45) is 0. The zero-order valence-electron chi connectivity index (χ0n) is 8.66. The minimum atomic E-state index is 0.938. The van der Waals surface area contributed by atoms with Crippen LogP contribution in [-0.2, 0) is 0 Å². The molecule has 0 unspecified atom stereocenters. The first-order valence-corrected chi connectivity index (χ1v) is 5.45. The van der Waals surface area contributed by atoms with Crippen molar-refractivity contribution in [3.05, 3.63) is 34.8 Å². The van der Waals surface area contributed by atoms with Crippen LogP contribution < -0.4 is 4.90 Å².